The van der Waals surface area contributed by atoms with Crippen molar-refractivity contribution in [1.29, 1.82) is 0 Å². The Morgan fingerprint density at radius 1 is 0.909 bits per heavy atom. The van der Waals surface area contributed by atoms with E-state index in [1.165, 1.54) is 24.3 Å². The smallest absolute Gasteiger partial charge is 0.414 e. The third-order valence-corrected chi connectivity index (χ3v) is 7.07. The number of alkyl carbamates (subject to hydrolysis) is 2. The zero-order chi connectivity index (χ0) is 33.3. The molecular weight excluding hydrogens is 711 g/mol. The molecule has 1 heterocycles. The van der Waals surface area contributed by atoms with Gasteiger partial charge in [-0.1, -0.05) is 0 Å². The molecule has 0 saturated heterocycles. The maximum atomic E-state index is 13.0. The molecule has 0 fully saturated rings. The minimum absolute atomic E-state index is 0.0180. The van der Waals surface area contributed by atoms with Crippen LogP contribution >= 0.6 is 22.6 Å². The molecule has 0 aliphatic heterocycles. The molecule has 0 spiro atoms. The van der Waals surface area contributed by atoms with Gasteiger partial charge in [-0.25, -0.2) is 18.0 Å². The molecule has 3 amide bonds. The molecule has 0 atom stereocenters. The van der Waals surface area contributed by atoms with Crippen LogP contribution in [0.3, 0.4) is 0 Å². The summed E-state index contributed by atoms with van der Waals surface area (Å²) in [6.45, 7) is 10.8. The Labute approximate surface area is 269 Å². The second-order valence-electron chi connectivity index (χ2n) is 11.2. The number of aryl methyl sites for hydroxylation is 1. The summed E-state index contributed by atoms with van der Waals surface area (Å²) in [5.41, 5.74) is -2.15. The molecule has 0 unspecified atom stereocenters. The minimum Gasteiger partial charge on any atom is -0.444 e. The lowest BCUT2D eigenvalue weighted by molar-refractivity contribution is -0.122. The van der Waals surface area contributed by atoms with E-state index in [-0.39, 0.29) is 23.7 Å². The number of oxime groups is 1. The average Bonchev–Trinajstić information content (AvgIpc) is 2.86. The van der Waals surface area contributed by atoms with Crippen molar-refractivity contribution in [1.82, 2.24) is 20.5 Å². The molecule has 0 saturated carbocycles. The first-order valence-electron chi connectivity index (χ1n) is 13.2. The summed E-state index contributed by atoms with van der Waals surface area (Å²) in [6, 6.07) is 8.92. The second-order valence-corrected chi connectivity index (χ2v) is 14.1. The van der Waals surface area contributed by atoms with Gasteiger partial charge in [0, 0.05) is 9.26 Å². The van der Waals surface area contributed by atoms with Crippen molar-refractivity contribution in [2.24, 2.45) is 5.16 Å². The fourth-order valence-corrected chi connectivity index (χ4v) is 4.60. The van der Waals surface area contributed by atoms with Crippen LogP contribution in [0.4, 0.5) is 15.3 Å². The number of aromatic nitrogens is 1. The topological polar surface area (TPSA) is 196 Å². The lowest BCUT2D eigenvalue weighted by atomic mass is 10.2. The molecule has 15 nitrogen and oxygen atoms in total. The molecule has 2 aromatic rings. The van der Waals surface area contributed by atoms with Crippen LogP contribution in [0.2, 0.25) is 0 Å². The number of nitrogens with zero attached hydrogens (tertiary/aromatic N) is 2. The van der Waals surface area contributed by atoms with Crippen molar-refractivity contribution < 1.29 is 37.1 Å². The van der Waals surface area contributed by atoms with Crippen LogP contribution in [0.1, 0.15) is 47.2 Å². The van der Waals surface area contributed by atoms with Crippen molar-refractivity contribution in [3.8, 4) is 0 Å². The van der Waals surface area contributed by atoms with E-state index in [1.807, 2.05) is 22.6 Å². The number of hydrogen-bond donors (Lipinski definition) is 4. The summed E-state index contributed by atoms with van der Waals surface area (Å²) in [4.78, 5) is 55.0. The van der Waals surface area contributed by atoms with E-state index in [0.717, 1.165) is 8.14 Å². The van der Waals surface area contributed by atoms with Crippen LogP contribution in [0.25, 0.3) is 0 Å². The number of guanidine groups is 1. The van der Waals surface area contributed by atoms with Gasteiger partial charge in [-0.05, 0) is 113 Å². The molecule has 0 radical (unpaired) electrons. The number of anilines is 1. The Morgan fingerprint density at radius 2 is 1.45 bits per heavy atom. The molecule has 44 heavy (non-hydrogen) atoms. The van der Waals surface area contributed by atoms with E-state index in [0.29, 0.717) is 5.69 Å². The predicted octanol–water partition coefficient (Wildman–Crippen LogP) is 3.02. The van der Waals surface area contributed by atoms with Gasteiger partial charge in [0.15, 0.2) is 0 Å². The highest BCUT2D eigenvalue weighted by Gasteiger charge is 2.22. The third kappa shape index (κ3) is 12.8. The van der Waals surface area contributed by atoms with Gasteiger partial charge in [-0.3, -0.25) is 24.9 Å². The van der Waals surface area contributed by atoms with Crippen LogP contribution in [-0.2, 0) is 35.7 Å². The molecule has 1 aromatic carbocycles. The second kappa shape index (κ2) is 15.2. The first kappa shape index (κ1) is 36.3. The Hall–Kier alpha value is -3.87. The lowest BCUT2D eigenvalue weighted by Crippen LogP contribution is -2.47. The zero-order valence-electron chi connectivity index (χ0n) is 25.4. The Morgan fingerprint density at radius 3 is 1.98 bits per heavy atom. The minimum atomic E-state index is -4.04. The number of ether oxygens (including phenoxy) is 2. The van der Waals surface area contributed by atoms with Crippen LogP contribution < -0.4 is 26.2 Å². The van der Waals surface area contributed by atoms with E-state index in [2.05, 4.69) is 25.8 Å². The summed E-state index contributed by atoms with van der Waals surface area (Å²) >= 11 is 2.04. The number of amides is 3. The van der Waals surface area contributed by atoms with E-state index < -0.39 is 57.4 Å². The fraction of sp³-hybridized carbons (Fsp3) is 0.444. The van der Waals surface area contributed by atoms with Gasteiger partial charge >= 0.3 is 12.2 Å². The number of hydrogen-bond acceptors (Lipinski definition) is 10. The van der Waals surface area contributed by atoms with Gasteiger partial charge in [0.1, 0.15) is 30.0 Å². The summed E-state index contributed by atoms with van der Waals surface area (Å²) in [7, 11) is -4.04. The highest BCUT2D eigenvalue weighted by atomic mass is 127. The highest BCUT2D eigenvalue weighted by Crippen LogP contribution is 2.16. The normalized spacial score (nSPS) is 11.5. The van der Waals surface area contributed by atoms with Crippen molar-refractivity contribution in [3.05, 3.63) is 56.0 Å². The van der Waals surface area contributed by atoms with Crippen LogP contribution in [0.5, 0.6) is 0 Å². The van der Waals surface area contributed by atoms with Crippen molar-refractivity contribution in [2.45, 2.75) is 71.1 Å². The first-order valence-corrected chi connectivity index (χ1v) is 15.8. The monoisotopic (exact) mass is 748 g/mol. The molecule has 0 aliphatic rings. The summed E-state index contributed by atoms with van der Waals surface area (Å²) in [5, 5.41) is 10.7. The number of sulfonamides is 1. The highest BCUT2D eigenvalue weighted by molar-refractivity contribution is 14.1. The van der Waals surface area contributed by atoms with E-state index in [1.54, 1.807) is 60.6 Å². The van der Waals surface area contributed by atoms with Gasteiger partial charge in [0.05, 0.1) is 11.4 Å². The number of rotatable bonds is 9. The number of carbonyl (C=O) groups is 3. The molecule has 17 heteroatoms. The lowest BCUT2D eigenvalue weighted by Gasteiger charge is -2.21. The maximum Gasteiger partial charge on any atom is 0.414 e. The van der Waals surface area contributed by atoms with Gasteiger partial charge < -0.3 is 24.2 Å². The van der Waals surface area contributed by atoms with Crippen molar-refractivity contribution in [3.63, 3.8) is 0 Å². The first-order chi connectivity index (χ1) is 20.3. The summed E-state index contributed by atoms with van der Waals surface area (Å²) in [6.07, 6.45) is -1.82. The van der Waals surface area contributed by atoms with Gasteiger partial charge in [0.25, 0.3) is 21.5 Å². The third-order valence-electron chi connectivity index (χ3n) is 4.97. The molecular formula is C27H37IN6O9S. The average molecular weight is 749 g/mol. The summed E-state index contributed by atoms with van der Waals surface area (Å²) < 4.78 is 40.0. The molecule has 0 aliphatic carbocycles. The number of benzene rings is 1. The molecule has 4 N–H and O–H groups in total. The number of halogens is 1. The largest absolute Gasteiger partial charge is 0.444 e. The fourth-order valence-electron chi connectivity index (χ4n) is 3.19. The van der Waals surface area contributed by atoms with E-state index in [4.69, 9.17) is 14.3 Å². The molecule has 1 aromatic heterocycles. The van der Waals surface area contributed by atoms with Crippen LogP contribution in [0.15, 0.2) is 51.2 Å². The Balaban J connectivity index is 2.01. The van der Waals surface area contributed by atoms with E-state index >= 15 is 0 Å². The molecule has 242 valence electrons. The Kier molecular flexibility index (Phi) is 12.6. The SMILES string of the molecule is Cc1ccc(NS(=O)(=O)c2ccc(I)cc2)c(=O)n1CC(=O)NCCON=C(NC(=O)OC(C)(C)C)NC(=O)OC(C)(C)C. The maximum absolute atomic E-state index is 13.0. The molecule has 2 rings (SSSR count). The Bertz CT molecular complexity index is 1510. The van der Waals surface area contributed by atoms with Gasteiger partial charge in [-0.15, -0.1) is 0 Å². The predicted molar refractivity (Wildman–Crippen MR) is 171 cm³/mol. The summed E-state index contributed by atoms with van der Waals surface area (Å²) in [5.74, 6) is -0.981. The molecule has 0 bridgehead atoms. The van der Waals surface area contributed by atoms with E-state index in [9.17, 15) is 27.6 Å². The number of pyridine rings is 1. The quantitative estimate of drug-likeness (QED) is 0.0981. The van der Waals surface area contributed by atoms with Gasteiger partial charge in [0.2, 0.25) is 5.91 Å². The van der Waals surface area contributed by atoms with Gasteiger partial charge in [-0.2, -0.15) is 0 Å². The van der Waals surface area contributed by atoms with Crippen molar-refractivity contribution >= 4 is 62.4 Å². The number of nitrogens with one attached hydrogen (secondary N) is 4. The number of carbonyl (C=O) groups excluding carboxylic acids is 3. The van der Waals surface area contributed by atoms with Crippen LogP contribution in [0, 0.1) is 10.5 Å². The van der Waals surface area contributed by atoms with Crippen molar-refractivity contribution in [2.75, 3.05) is 17.9 Å². The zero-order valence-corrected chi connectivity index (χ0v) is 28.4. The standard InChI is InChI=1S/C27H37IN6O9S/c1-17-8-13-20(33-44(39,40)19-11-9-18(28)10-12-19)22(36)34(17)16-21(35)29-14-15-41-32-23(30-24(37)42-26(2,3)4)31-25(38)43-27(5,6)7/h8-13,33H,14-16H2,1-7H3,(H,29,35)(H2,30,31,32,37,38). The van der Waals surface area contributed by atoms with Crippen LogP contribution in [-0.4, -0.2) is 61.4 Å².